The summed E-state index contributed by atoms with van der Waals surface area (Å²) in [6.07, 6.45) is 1.33. The minimum Gasteiger partial charge on any atom is -0.465 e. The summed E-state index contributed by atoms with van der Waals surface area (Å²) in [5.74, 6) is -0.881. The van der Waals surface area contributed by atoms with E-state index in [0.29, 0.717) is 0 Å². The second kappa shape index (κ2) is 7.86. The Morgan fingerprint density at radius 1 is 1.07 bits per heavy atom. The number of hydrogen-bond donors (Lipinski definition) is 1. The van der Waals surface area contributed by atoms with Gasteiger partial charge in [0.15, 0.2) is 0 Å². The van der Waals surface area contributed by atoms with Gasteiger partial charge in [0.05, 0.1) is 18.7 Å². The Morgan fingerprint density at radius 2 is 1.81 bits per heavy atom. The lowest BCUT2D eigenvalue weighted by Gasteiger charge is -2.16. The molecule has 27 heavy (non-hydrogen) atoms. The number of carbonyl (C=O) groups is 2. The minimum absolute atomic E-state index is 0.179. The van der Waals surface area contributed by atoms with Crippen LogP contribution in [0.15, 0.2) is 65.6 Å². The smallest absolute Gasteiger partial charge is 0.339 e. The van der Waals surface area contributed by atoms with Crippen molar-refractivity contribution < 1.29 is 14.3 Å². The first kappa shape index (κ1) is 18.4. The Balaban J connectivity index is 1.73. The summed E-state index contributed by atoms with van der Waals surface area (Å²) in [5.41, 5.74) is 0.821. The molecule has 0 saturated carbocycles. The summed E-state index contributed by atoms with van der Waals surface area (Å²) in [6, 6.07) is 16.4. The van der Waals surface area contributed by atoms with Crippen LogP contribution in [-0.4, -0.2) is 23.6 Å². The summed E-state index contributed by atoms with van der Waals surface area (Å²) >= 11 is 0. The number of aromatic nitrogens is 1. The van der Waals surface area contributed by atoms with Crippen molar-refractivity contribution in [3.63, 3.8) is 0 Å². The maximum absolute atomic E-state index is 12.4. The molecule has 1 aromatic heterocycles. The van der Waals surface area contributed by atoms with E-state index in [9.17, 15) is 14.4 Å². The first-order valence-corrected chi connectivity index (χ1v) is 8.55. The Labute approximate surface area is 156 Å². The van der Waals surface area contributed by atoms with Crippen LogP contribution < -0.4 is 10.9 Å². The highest BCUT2D eigenvalue weighted by atomic mass is 16.5. The number of ether oxygens (including phenoxy) is 1. The fourth-order valence-corrected chi connectivity index (χ4v) is 2.90. The molecule has 0 unspecified atom stereocenters. The summed E-state index contributed by atoms with van der Waals surface area (Å²) in [4.78, 5) is 35.9. The van der Waals surface area contributed by atoms with Gasteiger partial charge >= 0.3 is 5.97 Å². The van der Waals surface area contributed by atoms with Crippen LogP contribution in [0.1, 0.15) is 28.9 Å². The molecule has 3 aromatic rings. The lowest BCUT2D eigenvalue weighted by molar-refractivity contribution is -0.122. The highest BCUT2D eigenvalue weighted by molar-refractivity contribution is 5.89. The summed E-state index contributed by atoms with van der Waals surface area (Å²) in [7, 11) is 1.26. The number of nitrogens with one attached hydrogen (secondary N) is 1. The molecule has 1 N–H and O–H groups in total. The first-order chi connectivity index (χ1) is 13.0. The van der Waals surface area contributed by atoms with Gasteiger partial charge in [0, 0.05) is 12.3 Å². The van der Waals surface area contributed by atoms with Crippen molar-refractivity contribution in [3.8, 4) is 0 Å². The predicted molar refractivity (Wildman–Crippen MR) is 103 cm³/mol. The van der Waals surface area contributed by atoms with E-state index < -0.39 is 5.97 Å². The summed E-state index contributed by atoms with van der Waals surface area (Å²) in [6.45, 7) is 1.71. The maximum Gasteiger partial charge on any atom is 0.339 e. The number of nitrogens with zero attached hydrogens (tertiary/aromatic N) is 1. The van der Waals surface area contributed by atoms with Crippen LogP contribution in [0.25, 0.3) is 10.8 Å². The highest BCUT2D eigenvalue weighted by Crippen LogP contribution is 2.20. The molecule has 0 fully saturated rings. The van der Waals surface area contributed by atoms with Gasteiger partial charge in [-0.25, -0.2) is 4.79 Å². The molecule has 0 aliphatic rings. The second-order valence-corrected chi connectivity index (χ2v) is 6.27. The zero-order valence-corrected chi connectivity index (χ0v) is 15.1. The molecule has 0 spiro atoms. The molecule has 0 aliphatic carbocycles. The molecule has 0 aliphatic heterocycles. The van der Waals surface area contributed by atoms with E-state index in [2.05, 4.69) is 10.1 Å². The third-order valence-corrected chi connectivity index (χ3v) is 4.37. The second-order valence-electron chi connectivity index (χ2n) is 6.27. The Bertz CT molecular complexity index is 1060. The molecule has 1 heterocycles. The van der Waals surface area contributed by atoms with E-state index in [1.807, 2.05) is 49.4 Å². The highest BCUT2D eigenvalue weighted by Gasteiger charge is 2.13. The molecule has 1 atom stereocenters. The van der Waals surface area contributed by atoms with Gasteiger partial charge in [-0.1, -0.05) is 36.4 Å². The van der Waals surface area contributed by atoms with Crippen molar-refractivity contribution in [2.24, 2.45) is 0 Å². The molecule has 1 amide bonds. The van der Waals surface area contributed by atoms with Gasteiger partial charge < -0.3 is 14.6 Å². The van der Waals surface area contributed by atoms with Crippen LogP contribution in [-0.2, 0) is 16.1 Å². The van der Waals surface area contributed by atoms with E-state index in [1.165, 1.54) is 30.0 Å². The van der Waals surface area contributed by atoms with Crippen molar-refractivity contribution in [2.45, 2.75) is 19.5 Å². The number of esters is 1. The SMILES string of the molecule is COC(=O)c1ccc(=O)n(CC(=O)N[C@@H](C)c2ccc3ccccc3c2)c1. The van der Waals surface area contributed by atoms with Crippen molar-refractivity contribution in [1.82, 2.24) is 9.88 Å². The molecule has 6 nitrogen and oxygen atoms in total. The minimum atomic E-state index is -0.561. The van der Waals surface area contributed by atoms with Crippen LogP contribution >= 0.6 is 0 Å². The first-order valence-electron chi connectivity index (χ1n) is 8.55. The van der Waals surface area contributed by atoms with Gasteiger partial charge in [0.2, 0.25) is 5.91 Å². The van der Waals surface area contributed by atoms with Crippen LogP contribution in [0.4, 0.5) is 0 Å². The van der Waals surface area contributed by atoms with Gasteiger partial charge in [0.1, 0.15) is 6.54 Å². The number of hydrogen-bond acceptors (Lipinski definition) is 4. The number of methoxy groups -OCH3 is 1. The van der Waals surface area contributed by atoms with Crippen LogP contribution in [0, 0.1) is 0 Å². The largest absolute Gasteiger partial charge is 0.465 e. The number of carbonyl (C=O) groups excluding carboxylic acids is 2. The van der Waals surface area contributed by atoms with Gasteiger partial charge in [-0.05, 0) is 35.4 Å². The number of benzene rings is 2. The van der Waals surface area contributed by atoms with Gasteiger partial charge in [-0.2, -0.15) is 0 Å². The number of fused-ring (bicyclic) bond motifs is 1. The third-order valence-electron chi connectivity index (χ3n) is 4.37. The van der Waals surface area contributed by atoms with E-state index in [4.69, 9.17) is 0 Å². The fourth-order valence-electron chi connectivity index (χ4n) is 2.90. The average Bonchev–Trinajstić information content (AvgIpc) is 2.68. The number of amides is 1. The topological polar surface area (TPSA) is 77.4 Å². The van der Waals surface area contributed by atoms with Crippen LogP contribution in [0.2, 0.25) is 0 Å². The predicted octanol–water partition coefficient (Wildman–Crippen LogP) is 2.67. The Hall–Kier alpha value is -3.41. The van der Waals surface area contributed by atoms with Gasteiger partial charge in [-0.15, -0.1) is 0 Å². The molecule has 138 valence electrons. The third kappa shape index (κ3) is 4.23. The van der Waals surface area contributed by atoms with Crippen molar-refractivity contribution in [2.75, 3.05) is 7.11 Å². The maximum atomic E-state index is 12.4. The quantitative estimate of drug-likeness (QED) is 0.706. The summed E-state index contributed by atoms with van der Waals surface area (Å²) < 4.78 is 5.83. The lowest BCUT2D eigenvalue weighted by atomic mass is 10.0. The van der Waals surface area contributed by atoms with E-state index in [1.54, 1.807) is 0 Å². The Morgan fingerprint density at radius 3 is 2.56 bits per heavy atom. The summed E-state index contributed by atoms with van der Waals surface area (Å²) in [5, 5.41) is 5.11. The van der Waals surface area contributed by atoms with E-state index in [-0.39, 0.29) is 29.6 Å². The molecule has 6 heteroatoms. The van der Waals surface area contributed by atoms with Crippen molar-refractivity contribution in [3.05, 3.63) is 82.3 Å². The molecule has 0 bridgehead atoms. The average molecular weight is 364 g/mol. The van der Waals surface area contributed by atoms with E-state index in [0.717, 1.165) is 16.3 Å². The van der Waals surface area contributed by atoms with Gasteiger partial charge in [-0.3, -0.25) is 9.59 Å². The van der Waals surface area contributed by atoms with Crippen molar-refractivity contribution in [1.29, 1.82) is 0 Å². The molecule has 0 radical (unpaired) electrons. The van der Waals surface area contributed by atoms with Crippen molar-refractivity contribution >= 4 is 22.6 Å². The monoisotopic (exact) mass is 364 g/mol. The lowest BCUT2D eigenvalue weighted by Crippen LogP contribution is -2.33. The molecule has 2 aromatic carbocycles. The standard InChI is InChI=1S/C21H20N2O4/c1-14(16-8-7-15-5-3-4-6-17(15)11-16)22-19(24)13-23-12-18(21(26)27-2)9-10-20(23)25/h3-12,14H,13H2,1-2H3,(H,22,24)/t14-/m0/s1. The molecular weight excluding hydrogens is 344 g/mol. The zero-order chi connectivity index (χ0) is 19.4. The molecular formula is C21H20N2O4. The zero-order valence-electron chi connectivity index (χ0n) is 15.1. The molecule has 0 saturated heterocycles. The molecule has 3 rings (SSSR count). The van der Waals surface area contributed by atoms with Gasteiger partial charge in [0.25, 0.3) is 5.56 Å². The van der Waals surface area contributed by atoms with Crippen LogP contribution in [0.3, 0.4) is 0 Å². The number of pyridine rings is 1. The fraction of sp³-hybridized carbons (Fsp3) is 0.190. The Kier molecular flexibility index (Phi) is 5.35. The normalized spacial score (nSPS) is 11.8. The number of rotatable bonds is 5. The van der Waals surface area contributed by atoms with Crippen LogP contribution in [0.5, 0.6) is 0 Å². The van der Waals surface area contributed by atoms with E-state index >= 15 is 0 Å².